The fourth-order valence-electron chi connectivity index (χ4n) is 1.68. The third-order valence-electron chi connectivity index (χ3n) is 2.34. The lowest BCUT2D eigenvalue weighted by Gasteiger charge is -2.02. The standard InChI is InChI=1S/C12H13NO2/c1-8-5-9(2)13-11(6-8)12(14)10-3-4-15-7-10/h5-7H,3-4H2,1-2H3. The average Bonchev–Trinajstić information content (AvgIpc) is 2.67. The van der Waals surface area contributed by atoms with Crippen LogP contribution in [0.5, 0.6) is 0 Å². The van der Waals surface area contributed by atoms with E-state index in [9.17, 15) is 4.79 Å². The van der Waals surface area contributed by atoms with Gasteiger partial charge in [-0.15, -0.1) is 0 Å². The summed E-state index contributed by atoms with van der Waals surface area (Å²) >= 11 is 0. The fraction of sp³-hybridized carbons (Fsp3) is 0.333. The molecule has 0 amide bonds. The molecule has 15 heavy (non-hydrogen) atoms. The van der Waals surface area contributed by atoms with Crippen molar-refractivity contribution in [1.82, 2.24) is 4.98 Å². The van der Waals surface area contributed by atoms with Crippen LogP contribution in [-0.2, 0) is 4.74 Å². The number of carbonyl (C=O) groups excluding carboxylic acids is 1. The Bertz CT molecular complexity index is 415. The van der Waals surface area contributed by atoms with Crippen LogP contribution in [0.1, 0.15) is 28.2 Å². The Morgan fingerprint density at radius 3 is 2.80 bits per heavy atom. The first-order valence-electron chi connectivity index (χ1n) is 4.97. The molecule has 0 unspecified atom stereocenters. The van der Waals surface area contributed by atoms with Crippen LogP contribution in [0.15, 0.2) is 24.0 Å². The second-order valence-corrected chi connectivity index (χ2v) is 3.76. The van der Waals surface area contributed by atoms with Gasteiger partial charge in [-0.25, -0.2) is 4.98 Å². The zero-order chi connectivity index (χ0) is 10.8. The minimum absolute atomic E-state index is 0.0145. The molecule has 0 fully saturated rings. The number of rotatable bonds is 2. The van der Waals surface area contributed by atoms with Crippen LogP contribution in [0.3, 0.4) is 0 Å². The summed E-state index contributed by atoms with van der Waals surface area (Å²) in [6, 6.07) is 3.77. The predicted molar refractivity (Wildman–Crippen MR) is 56.7 cm³/mol. The lowest BCUT2D eigenvalue weighted by Crippen LogP contribution is -2.06. The average molecular weight is 203 g/mol. The molecule has 0 saturated heterocycles. The topological polar surface area (TPSA) is 39.2 Å². The van der Waals surface area contributed by atoms with Crippen LogP contribution in [0.2, 0.25) is 0 Å². The van der Waals surface area contributed by atoms with Gasteiger partial charge in [-0.3, -0.25) is 4.79 Å². The van der Waals surface area contributed by atoms with Crippen molar-refractivity contribution < 1.29 is 9.53 Å². The van der Waals surface area contributed by atoms with Gasteiger partial charge >= 0.3 is 0 Å². The summed E-state index contributed by atoms with van der Waals surface area (Å²) in [7, 11) is 0. The van der Waals surface area contributed by atoms with Crippen molar-refractivity contribution in [1.29, 1.82) is 0 Å². The highest BCUT2D eigenvalue weighted by molar-refractivity contribution is 6.07. The quantitative estimate of drug-likeness (QED) is 0.691. The summed E-state index contributed by atoms with van der Waals surface area (Å²) in [5.74, 6) is -0.0145. The maximum Gasteiger partial charge on any atom is 0.210 e. The molecule has 1 aliphatic rings. The van der Waals surface area contributed by atoms with E-state index in [1.807, 2.05) is 26.0 Å². The molecule has 0 aromatic carbocycles. The van der Waals surface area contributed by atoms with E-state index in [-0.39, 0.29) is 5.78 Å². The first-order valence-corrected chi connectivity index (χ1v) is 4.97. The molecule has 2 rings (SSSR count). The van der Waals surface area contributed by atoms with Gasteiger partial charge in [0.1, 0.15) is 5.69 Å². The van der Waals surface area contributed by atoms with E-state index in [1.54, 1.807) is 6.26 Å². The molecular formula is C12H13NO2. The number of carbonyl (C=O) groups is 1. The highest BCUT2D eigenvalue weighted by Gasteiger charge is 2.17. The largest absolute Gasteiger partial charge is 0.500 e. The van der Waals surface area contributed by atoms with Crippen molar-refractivity contribution in [3.05, 3.63) is 40.9 Å². The van der Waals surface area contributed by atoms with Crippen LogP contribution in [-0.4, -0.2) is 17.4 Å². The Balaban J connectivity index is 2.32. The van der Waals surface area contributed by atoms with Gasteiger partial charge in [0.2, 0.25) is 5.78 Å². The van der Waals surface area contributed by atoms with Gasteiger partial charge in [-0.2, -0.15) is 0 Å². The molecule has 0 N–H and O–H groups in total. The van der Waals surface area contributed by atoms with Gasteiger partial charge in [0.05, 0.1) is 12.9 Å². The van der Waals surface area contributed by atoms with Gasteiger partial charge in [0.25, 0.3) is 0 Å². The molecule has 78 valence electrons. The molecule has 0 saturated carbocycles. The Hall–Kier alpha value is -1.64. The zero-order valence-electron chi connectivity index (χ0n) is 8.91. The molecule has 2 heterocycles. The molecule has 1 aliphatic heterocycles. The smallest absolute Gasteiger partial charge is 0.210 e. The molecule has 0 spiro atoms. The number of pyridine rings is 1. The number of Topliss-reactive ketones (excluding diaryl/α,β-unsaturated/α-hetero) is 1. The molecule has 0 radical (unpaired) electrons. The first-order chi connectivity index (χ1) is 7.16. The van der Waals surface area contributed by atoms with Crippen LogP contribution in [0, 0.1) is 13.8 Å². The maximum absolute atomic E-state index is 11.9. The number of aromatic nitrogens is 1. The van der Waals surface area contributed by atoms with E-state index >= 15 is 0 Å². The molecule has 1 aromatic rings. The number of ketones is 1. The number of nitrogens with zero attached hydrogens (tertiary/aromatic N) is 1. The second kappa shape index (κ2) is 3.85. The van der Waals surface area contributed by atoms with Gasteiger partial charge in [0, 0.05) is 17.7 Å². The van der Waals surface area contributed by atoms with Crippen molar-refractivity contribution in [2.75, 3.05) is 6.61 Å². The highest BCUT2D eigenvalue weighted by atomic mass is 16.5. The van der Waals surface area contributed by atoms with E-state index < -0.39 is 0 Å². The number of hydrogen-bond donors (Lipinski definition) is 0. The lowest BCUT2D eigenvalue weighted by molar-refractivity contribution is 0.102. The summed E-state index contributed by atoms with van der Waals surface area (Å²) in [5.41, 5.74) is 3.17. The Labute approximate surface area is 88.8 Å². The molecule has 3 heteroatoms. The minimum atomic E-state index is -0.0145. The van der Waals surface area contributed by atoms with Gasteiger partial charge in [0.15, 0.2) is 0 Å². The first kappa shape index (κ1) is 9.90. The fourth-order valence-corrected chi connectivity index (χ4v) is 1.68. The molecule has 0 bridgehead atoms. The highest BCUT2D eigenvalue weighted by Crippen LogP contribution is 2.16. The van der Waals surface area contributed by atoms with E-state index in [0.29, 0.717) is 24.3 Å². The van der Waals surface area contributed by atoms with Crippen molar-refractivity contribution in [2.24, 2.45) is 0 Å². The van der Waals surface area contributed by atoms with E-state index in [0.717, 1.165) is 11.3 Å². The third-order valence-corrected chi connectivity index (χ3v) is 2.34. The van der Waals surface area contributed by atoms with Crippen molar-refractivity contribution in [3.8, 4) is 0 Å². The van der Waals surface area contributed by atoms with E-state index in [1.165, 1.54) is 0 Å². The SMILES string of the molecule is Cc1cc(C)nc(C(=O)C2=COCC2)c1. The molecular weight excluding hydrogens is 190 g/mol. The Kier molecular flexibility index (Phi) is 2.54. The van der Waals surface area contributed by atoms with Gasteiger partial charge in [-0.1, -0.05) is 0 Å². The van der Waals surface area contributed by atoms with Crippen molar-refractivity contribution in [2.45, 2.75) is 20.3 Å². The van der Waals surface area contributed by atoms with Crippen LogP contribution in [0.4, 0.5) is 0 Å². The monoisotopic (exact) mass is 203 g/mol. The summed E-state index contributed by atoms with van der Waals surface area (Å²) in [4.78, 5) is 16.2. The Morgan fingerprint density at radius 2 is 2.20 bits per heavy atom. The maximum atomic E-state index is 11.9. The van der Waals surface area contributed by atoms with Crippen LogP contribution in [0.25, 0.3) is 0 Å². The second-order valence-electron chi connectivity index (χ2n) is 3.76. The number of hydrogen-bond acceptors (Lipinski definition) is 3. The summed E-state index contributed by atoms with van der Waals surface area (Å²) < 4.78 is 5.05. The predicted octanol–water partition coefficient (Wildman–Crippen LogP) is 2.19. The van der Waals surface area contributed by atoms with Crippen LogP contribution >= 0.6 is 0 Å². The molecule has 1 aromatic heterocycles. The normalized spacial score (nSPS) is 14.7. The third kappa shape index (κ3) is 2.06. The van der Waals surface area contributed by atoms with Crippen molar-refractivity contribution >= 4 is 5.78 Å². The van der Waals surface area contributed by atoms with E-state index in [2.05, 4.69) is 4.98 Å². The Morgan fingerprint density at radius 1 is 1.40 bits per heavy atom. The minimum Gasteiger partial charge on any atom is -0.500 e. The molecule has 0 aliphatic carbocycles. The van der Waals surface area contributed by atoms with Gasteiger partial charge in [-0.05, 0) is 31.5 Å². The van der Waals surface area contributed by atoms with E-state index in [4.69, 9.17) is 4.74 Å². The van der Waals surface area contributed by atoms with Crippen molar-refractivity contribution in [3.63, 3.8) is 0 Å². The molecule has 0 atom stereocenters. The lowest BCUT2D eigenvalue weighted by atomic mass is 10.1. The zero-order valence-corrected chi connectivity index (χ0v) is 8.91. The van der Waals surface area contributed by atoms with Crippen LogP contribution < -0.4 is 0 Å². The van der Waals surface area contributed by atoms with Gasteiger partial charge < -0.3 is 4.74 Å². The summed E-state index contributed by atoms with van der Waals surface area (Å²) in [5, 5.41) is 0. The number of aryl methyl sites for hydroxylation is 2. The summed E-state index contributed by atoms with van der Waals surface area (Å²) in [6.07, 6.45) is 2.23. The number of ether oxygens (including phenoxy) is 1. The molecule has 3 nitrogen and oxygen atoms in total. The summed E-state index contributed by atoms with van der Waals surface area (Å²) in [6.45, 7) is 4.46.